The van der Waals surface area contributed by atoms with E-state index in [9.17, 15) is 0 Å². The summed E-state index contributed by atoms with van der Waals surface area (Å²) >= 11 is 0. The molecule has 0 aromatic carbocycles. The van der Waals surface area contributed by atoms with Gasteiger partial charge in [0, 0.05) is 6.04 Å². The summed E-state index contributed by atoms with van der Waals surface area (Å²) in [6, 6.07) is 0.775. The van der Waals surface area contributed by atoms with Crippen LogP contribution in [0.4, 0.5) is 0 Å². The Hall–Kier alpha value is -0.0400. The Morgan fingerprint density at radius 3 is 2.14 bits per heavy atom. The summed E-state index contributed by atoms with van der Waals surface area (Å²) in [5.74, 6) is 1.78. The zero-order valence-corrected chi connectivity index (χ0v) is 10.6. The standard InChI is InChI=1S/C13H27N/c1-10(2)12(11-6-7-11)14-9-8-13(3,4)5/h10-12,14H,6-9H2,1-5H3. The normalized spacial score (nSPS) is 20.1. The molecule has 1 heteroatoms. The summed E-state index contributed by atoms with van der Waals surface area (Å²) in [5.41, 5.74) is 0.470. The van der Waals surface area contributed by atoms with Crippen molar-refractivity contribution in [3.05, 3.63) is 0 Å². The van der Waals surface area contributed by atoms with Crippen LogP contribution in [0.25, 0.3) is 0 Å². The van der Waals surface area contributed by atoms with E-state index in [2.05, 4.69) is 39.9 Å². The van der Waals surface area contributed by atoms with Crippen molar-refractivity contribution in [2.45, 2.75) is 59.9 Å². The van der Waals surface area contributed by atoms with Gasteiger partial charge in [0.15, 0.2) is 0 Å². The molecule has 1 aliphatic carbocycles. The van der Waals surface area contributed by atoms with Crippen molar-refractivity contribution in [1.82, 2.24) is 5.32 Å². The van der Waals surface area contributed by atoms with Crippen LogP contribution in [0.2, 0.25) is 0 Å². The number of nitrogens with one attached hydrogen (secondary N) is 1. The van der Waals surface area contributed by atoms with Crippen LogP contribution in [-0.2, 0) is 0 Å². The van der Waals surface area contributed by atoms with E-state index in [1.807, 2.05) is 0 Å². The summed E-state index contributed by atoms with van der Waals surface area (Å²) in [6.45, 7) is 12.8. The van der Waals surface area contributed by atoms with Crippen molar-refractivity contribution >= 4 is 0 Å². The van der Waals surface area contributed by atoms with Crippen molar-refractivity contribution in [1.29, 1.82) is 0 Å². The molecule has 1 aliphatic rings. The van der Waals surface area contributed by atoms with Gasteiger partial charge in [0.2, 0.25) is 0 Å². The van der Waals surface area contributed by atoms with E-state index < -0.39 is 0 Å². The van der Waals surface area contributed by atoms with Crippen molar-refractivity contribution in [2.24, 2.45) is 17.3 Å². The van der Waals surface area contributed by atoms with Crippen LogP contribution >= 0.6 is 0 Å². The number of hydrogen-bond acceptors (Lipinski definition) is 1. The molecule has 0 spiro atoms. The average Bonchev–Trinajstić information content (AvgIpc) is 2.77. The SMILES string of the molecule is CC(C)C(NCCC(C)(C)C)C1CC1. The third kappa shape index (κ3) is 4.45. The van der Waals surface area contributed by atoms with Crippen molar-refractivity contribution in [3.63, 3.8) is 0 Å². The third-order valence-corrected chi connectivity index (χ3v) is 3.10. The topological polar surface area (TPSA) is 12.0 Å². The molecule has 0 saturated heterocycles. The minimum Gasteiger partial charge on any atom is -0.313 e. The molecule has 0 heterocycles. The van der Waals surface area contributed by atoms with E-state index in [-0.39, 0.29) is 0 Å². The second kappa shape index (κ2) is 4.65. The van der Waals surface area contributed by atoms with Crippen LogP contribution < -0.4 is 5.32 Å². The van der Waals surface area contributed by atoms with Gasteiger partial charge in [-0.25, -0.2) is 0 Å². The molecule has 1 atom stereocenters. The van der Waals surface area contributed by atoms with Gasteiger partial charge < -0.3 is 5.32 Å². The lowest BCUT2D eigenvalue weighted by Gasteiger charge is -2.25. The number of hydrogen-bond donors (Lipinski definition) is 1. The highest BCUT2D eigenvalue weighted by atomic mass is 14.9. The lowest BCUT2D eigenvalue weighted by atomic mass is 9.91. The fourth-order valence-electron chi connectivity index (χ4n) is 2.02. The molecule has 0 amide bonds. The van der Waals surface area contributed by atoms with E-state index in [0.717, 1.165) is 17.9 Å². The molecule has 0 aromatic rings. The predicted octanol–water partition coefficient (Wildman–Crippen LogP) is 3.45. The van der Waals surface area contributed by atoms with Gasteiger partial charge in [-0.1, -0.05) is 34.6 Å². The molecule has 0 aromatic heterocycles. The Bertz CT molecular complexity index is 161. The average molecular weight is 197 g/mol. The summed E-state index contributed by atoms with van der Waals surface area (Å²) < 4.78 is 0. The lowest BCUT2D eigenvalue weighted by Crippen LogP contribution is -2.37. The van der Waals surface area contributed by atoms with Crippen molar-refractivity contribution in [3.8, 4) is 0 Å². The summed E-state index contributed by atoms with van der Waals surface area (Å²) in [4.78, 5) is 0. The zero-order chi connectivity index (χ0) is 10.8. The van der Waals surface area contributed by atoms with Gasteiger partial charge >= 0.3 is 0 Å². The van der Waals surface area contributed by atoms with E-state index >= 15 is 0 Å². The monoisotopic (exact) mass is 197 g/mol. The smallest absolute Gasteiger partial charge is 0.0118 e. The maximum atomic E-state index is 3.74. The molecule has 1 fully saturated rings. The first-order valence-corrected chi connectivity index (χ1v) is 6.13. The molecule has 1 saturated carbocycles. The Morgan fingerprint density at radius 2 is 1.79 bits per heavy atom. The quantitative estimate of drug-likeness (QED) is 0.712. The molecule has 14 heavy (non-hydrogen) atoms. The van der Waals surface area contributed by atoms with Gasteiger partial charge in [0.25, 0.3) is 0 Å². The highest BCUT2D eigenvalue weighted by Crippen LogP contribution is 2.35. The molecule has 1 rings (SSSR count). The molecule has 84 valence electrons. The van der Waals surface area contributed by atoms with E-state index in [4.69, 9.17) is 0 Å². The first kappa shape index (κ1) is 12.0. The van der Waals surface area contributed by atoms with Crippen LogP contribution in [0.5, 0.6) is 0 Å². The van der Waals surface area contributed by atoms with Crippen LogP contribution in [0.1, 0.15) is 53.9 Å². The number of rotatable bonds is 5. The molecule has 1 nitrogen and oxygen atoms in total. The maximum Gasteiger partial charge on any atom is 0.0118 e. The summed E-state index contributed by atoms with van der Waals surface area (Å²) in [7, 11) is 0. The van der Waals surface area contributed by atoms with Crippen LogP contribution in [0, 0.1) is 17.3 Å². The van der Waals surface area contributed by atoms with Gasteiger partial charge in [0.1, 0.15) is 0 Å². The van der Waals surface area contributed by atoms with Crippen molar-refractivity contribution < 1.29 is 0 Å². The van der Waals surface area contributed by atoms with Crippen LogP contribution in [-0.4, -0.2) is 12.6 Å². The molecule has 0 bridgehead atoms. The van der Waals surface area contributed by atoms with Gasteiger partial charge in [0.05, 0.1) is 0 Å². The Balaban J connectivity index is 2.20. The van der Waals surface area contributed by atoms with Crippen LogP contribution in [0.3, 0.4) is 0 Å². The minimum atomic E-state index is 0.470. The van der Waals surface area contributed by atoms with Gasteiger partial charge in [-0.2, -0.15) is 0 Å². The highest BCUT2D eigenvalue weighted by Gasteiger charge is 2.32. The molecule has 1 N–H and O–H groups in total. The van der Waals surface area contributed by atoms with Crippen molar-refractivity contribution in [2.75, 3.05) is 6.54 Å². The third-order valence-electron chi connectivity index (χ3n) is 3.10. The highest BCUT2D eigenvalue weighted by molar-refractivity contribution is 4.88. The zero-order valence-electron chi connectivity index (χ0n) is 10.6. The second-order valence-electron chi connectivity index (χ2n) is 6.37. The minimum absolute atomic E-state index is 0.470. The largest absolute Gasteiger partial charge is 0.313 e. The Kier molecular flexibility index (Phi) is 4.00. The Labute approximate surface area is 89.7 Å². The summed E-state index contributed by atoms with van der Waals surface area (Å²) in [5, 5.41) is 3.74. The molecule has 0 aliphatic heterocycles. The van der Waals surface area contributed by atoms with E-state index in [0.29, 0.717) is 5.41 Å². The van der Waals surface area contributed by atoms with E-state index in [1.165, 1.54) is 25.8 Å². The first-order chi connectivity index (χ1) is 6.40. The second-order valence-corrected chi connectivity index (χ2v) is 6.37. The van der Waals surface area contributed by atoms with Gasteiger partial charge in [-0.15, -0.1) is 0 Å². The Morgan fingerprint density at radius 1 is 1.21 bits per heavy atom. The van der Waals surface area contributed by atoms with Crippen LogP contribution in [0.15, 0.2) is 0 Å². The predicted molar refractivity (Wildman–Crippen MR) is 63.4 cm³/mol. The molecular formula is C13H27N. The molecule has 1 unspecified atom stereocenters. The lowest BCUT2D eigenvalue weighted by molar-refractivity contribution is 0.313. The van der Waals surface area contributed by atoms with Gasteiger partial charge in [-0.3, -0.25) is 0 Å². The molecule has 0 radical (unpaired) electrons. The summed E-state index contributed by atoms with van der Waals surface area (Å²) in [6.07, 6.45) is 4.18. The fourth-order valence-corrected chi connectivity index (χ4v) is 2.02. The maximum absolute atomic E-state index is 3.74. The van der Waals surface area contributed by atoms with E-state index in [1.54, 1.807) is 0 Å². The first-order valence-electron chi connectivity index (χ1n) is 6.13. The van der Waals surface area contributed by atoms with Gasteiger partial charge in [-0.05, 0) is 43.1 Å². The molecular weight excluding hydrogens is 170 g/mol. The fraction of sp³-hybridized carbons (Fsp3) is 1.00.